The van der Waals surface area contributed by atoms with E-state index in [2.05, 4.69) is 17.1 Å². The van der Waals surface area contributed by atoms with Crippen LogP contribution in [-0.4, -0.2) is 34.1 Å². The quantitative estimate of drug-likeness (QED) is 0.836. The smallest absolute Gasteiger partial charge is 0.337 e. The Bertz CT molecular complexity index is 805. The molecule has 0 saturated carbocycles. The van der Waals surface area contributed by atoms with E-state index in [1.165, 1.54) is 6.07 Å². The first-order valence-corrected chi connectivity index (χ1v) is 9.32. The number of halogens is 3. The van der Waals surface area contributed by atoms with E-state index in [9.17, 15) is 18.0 Å². The first-order chi connectivity index (χ1) is 12.8. The molecule has 1 aliphatic heterocycles. The van der Waals surface area contributed by atoms with E-state index in [4.69, 9.17) is 0 Å². The van der Waals surface area contributed by atoms with Crippen LogP contribution in [0.1, 0.15) is 65.0 Å². The molecule has 0 spiro atoms. The Hall–Kier alpha value is -2.31. The van der Waals surface area contributed by atoms with Gasteiger partial charge in [-0.05, 0) is 43.7 Å². The maximum Gasteiger partial charge on any atom is 0.416 e. The van der Waals surface area contributed by atoms with E-state index >= 15 is 0 Å². The number of rotatable bonds is 4. The van der Waals surface area contributed by atoms with E-state index in [0.29, 0.717) is 37.2 Å². The van der Waals surface area contributed by atoms with Gasteiger partial charge in [-0.2, -0.15) is 18.3 Å². The molecule has 0 aliphatic carbocycles. The van der Waals surface area contributed by atoms with Crippen LogP contribution in [0.5, 0.6) is 0 Å². The van der Waals surface area contributed by atoms with Crippen LogP contribution in [0.25, 0.3) is 0 Å². The molecule has 2 heterocycles. The normalized spacial score (nSPS) is 16.0. The van der Waals surface area contributed by atoms with Crippen LogP contribution < -0.4 is 0 Å². The van der Waals surface area contributed by atoms with E-state index in [1.807, 2.05) is 6.92 Å². The molecule has 0 unspecified atom stereocenters. The van der Waals surface area contributed by atoms with Gasteiger partial charge >= 0.3 is 6.18 Å². The zero-order valence-corrected chi connectivity index (χ0v) is 15.6. The molecule has 0 bridgehead atoms. The van der Waals surface area contributed by atoms with Crippen molar-refractivity contribution in [3.05, 3.63) is 52.3 Å². The van der Waals surface area contributed by atoms with E-state index in [1.54, 1.807) is 17.0 Å². The van der Waals surface area contributed by atoms with Gasteiger partial charge in [0.05, 0.1) is 5.56 Å². The number of alkyl halides is 3. The third-order valence-electron chi connectivity index (χ3n) is 5.30. The monoisotopic (exact) mass is 379 g/mol. The number of aromatic nitrogens is 2. The van der Waals surface area contributed by atoms with Crippen molar-refractivity contribution in [2.24, 2.45) is 0 Å². The maximum absolute atomic E-state index is 13.3. The Morgan fingerprint density at radius 2 is 1.93 bits per heavy atom. The van der Waals surface area contributed by atoms with Crippen molar-refractivity contribution in [2.45, 2.75) is 51.6 Å². The molecule has 0 atom stereocenters. The van der Waals surface area contributed by atoms with Gasteiger partial charge in [-0.25, -0.2) is 0 Å². The number of hydrogen-bond acceptors (Lipinski definition) is 2. The highest BCUT2D eigenvalue weighted by atomic mass is 19.4. The predicted octanol–water partition coefficient (Wildman–Crippen LogP) is 4.71. The molecule has 1 saturated heterocycles. The predicted molar refractivity (Wildman–Crippen MR) is 96.6 cm³/mol. The molecule has 27 heavy (non-hydrogen) atoms. The molecule has 0 radical (unpaired) electrons. The number of H-pyrrole nitrogens is 1. The molecule has 1 aromatic carbocycles. The minimum Gasteiger partial charge on any atom is -0.337 e. The van der Waals surface area contributed by atoms with Crippen molar-refractivity contribution < 1.29 is 18.0 Å². The molecule has 1 N–H and O–H groups in total. The van der Waals surface area contributed by atoms with Gasteiger partial charge in [0.1, 0.15) is 0 Å². The van der Waals surface area contributed by atoms with Crippen molar-refractivity contribution in [1.29, 1.82) is 0 Å². The topological polar surface area (TPSA) is 49.0 Å². The highest BCUT2D eigenvalue weighted by Crippen LogP contribution is 2.38. The average molecular weight is 379 g/mol. The molecule has 1 amide bonds. The van der Waals surface area contributed by atoms with Crippen LogP contribution in [0.2, 0.25) is 0 Å². The second kappa shape index (κ2) is 7.74. The summed E-state index contributed by atoms with van der Waals surface area (Å²) in [6.07, 6.45) is -1.53. The third kappa shape index (κ3) is 4.01. The van der Waals surface area contributed by atoms with Crippen LogP contribution in [0, 0.1) is 6.92 Å². The number of aryl methyl sites for hydroxylation is 1. The number of piperidine rings is 1. The third-order valence-corrected chi connectivity index (χ3v) is 5.30. The number of hydrogen-bond donors (Lipinski definition) is 1. The number of amides is 1. The number of nitrogens with one attached hydrogen (secondary N) is 1. The van der Waals surface area contributed by atoms with E-state index in [0.717, 1.165) is 30.2 Å². The Morgan fingerprint density at radius 1 is 1.26 bits per heavy atom. The standard InChI is InChI=1S/C20H24F3N3O/c1-3-6-17-13(2)18(25-24-17)19(27)26-11-9-14(10-12-26)15-7-4-5-8-16(15)20(21,22)23/h4-5,7-8,14H,3,6,9-12H2,1-2H3,(H,24,25). The molecule has 1 aliphatic rings. The second-order valence-corrected chi connectivity index (χ2v) is 7.08. The zero-order chi connectivity index (χ0) is 19.6. The summed E-state index contributed by atoms with van der Waals surface area (Å²) in [4.78, 5) is 14.5. The fraction of sp³-hybridized carbons (Fsp3) is 0.500. The van der Waals surface area contributed by atoms with Crippen molar-refractivity contribution in [3.8, 4) is 0 Å². The van der Waals surface area contributed by atoms with Gasteiger partial charge in [0, 0.05) is 24.3 Å². The fourth-order valence-corrected chi connectivity index (χ4v) is 3.79. The Balaban J connectivity index is 1.70. The number of aromatic amines is 1. The molecule has 146 valence electrons. The molecule has 2 aromatic rings. The Labute approximate surface area is 156 Å². The number of likely N-dealkylation sites (tertiary alicyclic amines) is 1. The lowest BCUT2D eigenvalue weighted by atomic mass is 9.86. The van der Waals surface area contributed by atoms with Crippen molar-refractivity contribution >= 4 is 5.91 Å². The fourth-order valence-electron chi connectivity index (χ4n) is 3.79. The summed E-state index contributed by atoms with van der Waals surface area (Å²) in [5.41, 5.74) is 2.02. The Kier molecular flexibility index (Phi) is 5.58. The molecule has 1 fully saturated rings. The van der Waals surface area contributed by atoms with Crippen molar-refractivity contribution in [3.63, 3.8) is 0 Å². The summed E-state index contributed by atoms with van der Waals surface area (Å²) < 4.78 is 39.8. The lowest BCUT2D eigenvalue weighted by Crippen LogP contribution is -2.38. The first kappa shape index (κ1) is 19.5. The molecular formula is C20H24F3N3O. The largest absolute Gasteiger partial charge is 0.416 e. The van der Waals surface area contributed by atoms with Crippen LogP contribution in [0.15, 0.2) is 24.3 Å². The molecule has 4 nitrogen and oxygen atoms in total. The second-order valence-electron chi connectivity index (χ2n) is 7.08. The minimum absolute atomic E-state index is 0.145. The summed E-state index contributed by atoms with van der Waals surface area (Å²) >= 11 is 0. The highest BCUT2D eigenvalue weighted by Gasteiger charge is 2.36. The zero-order valence-electron chi connectivity index (χ0n) is 15.6. The van der Waals surface area contributed by atoms with Crippen LogP contribution in [0.4, 0.5) is 13.2 Å². The van der Waals surface area contributed by atoms with Crippen LogP contribution >= 0.6 is 0 Å². The summed E-state index contributed by atoms with van der Waals surface area (Å²) in [5.74, 6) is -0.337. The van der Waals surface area contributed by atoms with Crippen molar-refractivity contribution in [1.82, 2.24) is 15.1 Å². The summed E-state index contributed by atoms with van der Waals surface area (Å²) in [7, 11) is 0. The summed E-state index contributed by atoms with van der Waals surface area (Å²) in [5, 5.41) is 7.10. The average Bonchev–Trinajstić information content (AvgIpc) is 3.01. The molecule has 1 aromatic heterocycles. The van der Waals surface area contributed by atoms with E-state index in [-0.39, 0.29) is 11.8 Å². The number of benzene rings is 1. The summed E-state index contributed by atoms with van der Waals surface area (Å²) in [6, 6.07) is 5.75. The van der Waals surface area contributed by atoms with Gasteiger partial charge in [0.15, 0.2) is 5.69 Å². The number of carbonyl (C=O) groups excluding carboxylic acids is 1. The summed E-state index contributed by atoms with van der Waals surface area (Å²) in [6.45, 7) is 4.82. The first-order valence-electron chi connectivity index (χ1n) is 9.32. The van der Waals surface area contributed by atoms with Gasteiger partial charge < -0.3 is 4.90 Å². The van der Waals surface area contributed by atoms with Gasteiger partial charge in [0.25, 0.3) is 5.91 Å². The van der Waals surface area contributed by atoms with Gasteiger partial charge in [0.2, 0.25) is 0 Å². The molecule has 7 heteroatoms. The maximum atomic E-state index is 13.3. The lowest BCUT2D eigenvalue weighted by Gasteiger charge is -2.33. The van der Waals surface area contributed by atoms with Gasteiger partial charge in [-0.15, -0.1) is 0 Å². The number of nitrogens with zero attached hydrogens (tertiary/aromatic N) is 2. The minimum atomic E-state index is -4.36. The SMILES string of the molecule is CCCc1[nH]nc(C(=O)N2CCC(c3ccccc3C(F)(F)F)CC2)c1C. The van der Waals surface area contributed by atoms with Gasteiger partial charge in [-0.3, -0.25) is 9.89 Å². The Morgan fingerprint density at radius 3 is 2.56 bits per heavy atom. The highest BCUT2D eigenvalue weighted by molar-refractivity contribution is 5.94. The lowest BCUT2D eigenvalue weighted by molar-refractivity contribution is -0.138. The van der Waals surface area contributed by atoms with Crippen LogP contribution in [0.3, 0.4) is 0 Å². The number of carbonyl (C=O) groups is 1. The van der Waals surface area contributed by atoms with E-state index < -0.39 is 11.7 Å². The van der Waals surface area contributed by atoms with Crippen LogP contribution in [-0.2, 0) is 12.6 Å². The molecule has 3 rings (SSSR count). The molecular weight excluding hydrogens is 355 g/mol. The van der Waals surface area contributed by atoms with Crippen molar-refractivity contribution in [2.75, 3.05) is 13.1 Å². The van der Waals surface area contributed by atoms with Gasteiger partial charge in [-0.1, -0.05) is 31.5 Å².